The zero-order valence-corrected chi connectivity index (χ0v) is 10.3. The summed E-state index contributed by atoms with van der Waals surface area (Å²) in [6.45, 7) is 3.36. The van der Waals surface area contributed by atoms with Crippen LogP contribution in [0.3, 0.4) is 0 Å². The molecule has 3 nitrogen and oxygen atoms in total. The van der Waals surface area contributed by atoms with Crippen molar-refractivity contribution in [2.45, 2.75) is 13.3 Å². The van der Waals surface area contributed by atoms with Gasteiger partial charge in [0, 0.05) is 11.4 Å². The maximum absolute atomic E-state index is 11.0. The Morgan fingerprint density at radius 1 is 1.60 bits per heavy atom. The van der Waals surface area contributed by atoms with E-state index in [2.05, 4.69) is 23.1 Å². The Bertz CT molecular complexity index is 322. The second kappa shape index (κ2) is 5.88. The van der Waals surface area contributed by atoms with Crippen molar-refractivity contribution in [3.63, 3.8) is 0 Å². The number of hydrogen-bond donors (Lipinski definition) is 0. The Morgan fingerprint density at radius 2 is 2.33 bits per heavy atom. The third kappa shape index (κ3) is 4.01. The lowest BCUT2D eigenvalue weighted by Gasteiger charge is -2.14. The predicted molar refractivity (Wildman–Crippen MR) is 62.3 cm³/mol. The van der Waals surface area contributed by atoms with Crippen LogP contribution in [0.25, 0.3) is 0 Å². The summed E-state index contributed by atoms with van der Waals surface area (Å²) in [4.78, 5) is 14.4. The zero-order valence-electron chi connectivity index (χ0n) is 9.45. The number of aryl methyl sites for hydroxylation is 1. The van der Waals surface area contributed by atoms with Crippen molar-refractivity contribution in [3.05, 3.63) is 21.9 Å². The molecule has 0 amide bonds. The average Bonchev–Trinajstić information content (AvgIpc) is 2.61. The van der Waals surface area contributed by atoms with Crippen LogP contribution in [0.2, 0.25) is 0 Å². The quantitative estimate of drug-likeness (QED) is 0.717. The molecule has 0 unspecified atom stereocenters. The predicted octanol–water partition coefficient (Wildman–Crippen LogP) is 1.70. The molecule has 0 saturated carbocycles. The lowest BCUT2D eigenvalue weighted by molar-refractivity contribution is -0.141. The molecule has 0 radical (unpaired) electrons. The SMILES string of the molecule is COC(=O)CN(C)CCc1sccc1C. The summed E-state index contributed by atoms with van der Waals surface area (Å²) in [6, 6.07) is 2.13. The number of methoxy groups -OCH3 is 1. The topological polar surface area (TPSA) is 29.5 Å². The molecule has 15 heavy (non-hydrogen) atoms. The average molecular weight is 227 g/mol. The Balaban J connectivity index is 2.31. The molecular weight excluding hydrogens is 210 g/mol. The van der Waals surface area contributed by atoms with Gasteiger partial charge in [0.2, 0.25) is 0 Å². The van der Waals surface area contributed by atoms with Crippen LogP contribution in [0.4, 0.5) is 0 Å². The molecule has 4 heteroatoms. The summed E-state index contributed by atoms with van der Waals surface area (Å²) < 4.78 is 4.60. The van der Waals surface area contributed by atoms with Gasteiger partial charge >= 0.3 is 5.97 Å². The van der Waals surface area contributed by atoms with Gasteiger partial charge in [-0.15, -0.1) is 11.3 Å². The van der Waals surface area contributed by atoms with Crippen molar-refractivity contribution in [2.24, 2.45) is 0 Å². The summed E-state index contributed by atoms with van der Waals surface area (Å²) in [5.41, 5.74) is 1.34. The van der Waals surface area contributed by atoms with Gasteiger partial charge in [-0.2, -0.15) is 0 Å². The van der Waals surface area contributed by atoms with E-state index in [0.29, 0.717) is 6.54 Å². The molecular formula is C11H17NO2S. The highest BCUT2D eigenvalue weighted by Crippen LogP contribution is 2.16. The van der Waals surface area contributed by atoms with E-state index in [1.807, 2.05) is 11.9 Å². The van der Waals surface area contributed by atoms with Gasteiger partial charge in [0.25, 0.3) is 0 Å². The van der Waals surface area contributed by atoms with Gasteiger partial charge in [-0.1, -0.05) is 0 Å². The van der Waals surface area contributed by atoms with Crippen LogP contribution in [-0.4, -0.2) is 38.1 Å². The fourth-order valence-corrected chi connectivity index (χ4v) is 2.22. The van der Waals surface area contributed by atoms with E-state index in [1.165, 1.54) is 17.6 Å². The first-order valence-corrected chi connectivity index (χ1v) is 5.79. The number of ether oxygens (including phenoxy) is 1. The molecule has 0 aliphatic rings. The maximum Gasteiger partial charge on any atom is 0.319 e. The van der Waals surface area contributed by atoms with Gasteiger partial charge in [-0.3, -0.25) is 9.69 Å². The summed E-state index contributed by atoms with van der Waals surface area (Å²) in [5, 5.41) is 2.10. The molecule has 1 rings (SSSR count). The number of thiophene rings is 1. The number of rotatable bonds is 5. The summed E-state index contributed by atoms with van der Waals surface area (Å²) in [6.07, 6.45) is 0.997. The fraction of sp³-hybridized carbons (Fsp3) is 0.545. The molecule has 0 bridgehead atoms. The highest BCUT2D eigenvalue weighted by molar-refractivity contribution is 7.10. The van der Waals surface area contributed by atoms with Crippen molar-refractivity contribution in [1.29, 1.82) is 0 Å². The van der Waals surface area contributed by atoms with E-state index >= 15 is 0 Å². The van der Waals surface area contributed by atoms with Crippen molar-refractivity contribution in [3.8, 4) is 0 Å². The van der Waals surface area contributed by atoms with Crippen LogP contribution in [0.1, 0.15) is 10.4 Å². The first kappa shape index (κ1) is 12.2. The van der Waals surface area contributed by atoms with Crippen LogP contribution in [-0.2, 0) is 16.0 Å². The minimum Gasteiger partial charge on any atom is -0.468 e. The van der Waals surface area contributed by atoms with E-state index in [4.69, 9.17) is 0 Å². The van der Waals surface area contributed by atoms with Gasteiger partial charge < -0.3 is 4.74 Å². The molecule has 0 aliphatic carbocycles. The van der Waals surface area contributed by atoms with Gasteiger partial charge in [0.05, 0.1) is 13.7 Å². The van der Waals surface area contributed by atoms with E-state index in [-0.39, 0.29) is 5.97 Å². The highest BCUT2D eigenvalue weighted by Gasteiger charge is 2.07. The second-order valence-electron chi connectivity index (χ2n) is 3.59. The van der Waals surface area contributed by atoms with E-state index in [0.717, 1.165) is 13.0 Å². The van der Waals surface area contributed by atoms with E-state index < -0.39 is 0 Å². The summed E-state index contributed by atoms with van der Waals surface area (Å²) >= 11 is 1.77. The molecule has 1 aromatic heterocycles. The van der Waals surface area contributed by atoms with Crippen LogP contribution in [0.5, 0.6) is 0 Å². The second-order valence-corrected chi connectivity index (χ2v) is 4.59. The Morgan fingerprint density at radius 3 is 2.87 bits per heavy atom. The van der Waals surface area contributed by atoms with Crippen molar-refractivity contribution in [2.75, 3.05) is 27.2 Å². The normalized spacial score (nSPS) is 10.7. The molecule has 0 atom stereocenters. The molecule has 1 heterocycles. The fourth-order valence-electron chi connectivity index (χ4n) is 1.32. The number of carbonyl (C=O) groups is 1. The largest absolute Gasteiger partial charge is 0.468 e. The molecule has 1 aromatic rings. The molecule has 0 spiro atoms. The van der Waals surface area contributed by atoms with Crippen LogP contribution >= 0.6 is 11.3 Å². The third-order valence-corrected chi connectivity index (χ3v) is 3.40. The smallest absolute Gasteiger partial charge is 0.319 e. The van der Waals surface area contributed by atoms with Crippen LogP contribution in [0.15, 0.2) is 11.4 Å². The van der Waals surface area contributed by atoms with Crippen LogP contribution in [0, 0.1) is 6.92 Å². The number of carbonyl (C=O) groups excluding carboxylic acids is 1. The van der Waals surface area contributed by atoms with Gasteiger partial charge in [-0.25, -0.2) is 0 Å². The van der Waals surface area contributed by atoms with E-state index in [9.17, 15) is 4.79 Å². The highest BCUT2D eigenvalue weighted by atomic mass is 32.1. The van der Waals surface area contributed by atoms with E-state index in [1.54, 1.807) is 11.3 Å². The van der Waals surface area contributed by atoms with Crippen molar-refractivity contribution >= 4 is 17.3 Å². The van der Waals surface area contributed by atoms with Gasteiger partial charge in [-0.05, 0) is 37.4 Å². The first-order chi connectivity index (χ1) is 7.13. The van der Waals surface area contributed by atoms with Gasteiger partial charge in [0.15, 0.2) is 0 Å². The molecule has 0 saturated heterocycles. The number of nitrogens with zero attached hydrogens (tertiary/aromatic N) is 1. The standard InChI is InChI=1S/C11H17NO2S/c1-9-5-7-15-10(9)4-6-12(2)8-11(13)14-3/h5,7H,4,6,8H2,1-3H3. The minimum atomic E-state index is -0.180. The lowest BCUT2D eigenvalue weighted by Crippen LogP contribution is -2.28. The molecule has 0 N–H and O–H groups in total. The lowest BCUT2D eigenvalue weighted by atomic mass is 10.2. The number of esters is 1. The molecule has 0 aliphatic heterocycles. The number of hydrogen-bond acceptors (Lipinski definition) is 4. The zero-order chi connectivity index (χ0) is 11.3. The molecule has 0 aromatic carbocycles. The third-order valence-electron chi connectivity index (χ3n) is 2.32. The van der Waals surface area contributed by atoms with Crippen molar-refractivity contribution in [1.82, 2.24) is 4.90 Å². The minimum absolute atomic E-state index is 0.180. The summed E-state index contributed by atoms with van der Waals surface area (Å²) in [7, 11) is 3.35. The van der Waals surface area contributed by atoms with Crippen molar-refractivity contribution < 1.29 is 9.53 Å². The Hall–Kier alpha value is -0.870. The Kier molecular flexibility index (Phi) is 4.78. The maximum atomic E-state index is 11.0. The van der Waals surface area contributed by atoms with Crippen LogP contribution < -0.4 is 0 Å². The number of likely N-dealkylation sites (N-methyl/N-ethyl adjacent to an activating group) is 1. The molecule has 84 valence electrons. The van der Waals surface area contributed by atoms with Gasteiger partial charge in [0.1, 0.15) is 0 Å². The Labute approximate surface area is 94.7 Å². The first-order valence-electron chi connectivity index (χ1n) is 4.92. The monoisotopic (exact) mass is 227 g/mol. The molecule has 0 fully saturated rings. The summed E-state index contributed by atoms with van der Waals surface area (Å²) in [5.74, 6) is -0.180.